The smallest absolute Gasteiger partial charge is 0.271 e. The van der Waals surface area contributed by atoms with Crippen LogP contribution >= 0.6 is 22.7 Å². The highest BCUT2D eigenvalue weighted by Gasteiger charge is 2.44. The van der Waals surface area contributed by atoms with Crippen LogP contribution in [0.1, 0.15) is 106 Å². The summed E-state index contributed by atoms with van der Waals surface area (Å²) in [7, 11) is 0. The van der Waals surface area contributed by atoms with Gasteiger partial charge in [0.25, 0.3) is 5.91 Å². The van der Waals surface area contributed by atoms with Crippen molar-refractivity contribution in [3.63, 3.8) is 0 Å². The second kappa shape index (κ2) is 24.8. The van der Waals surface area contributed by atoms with Crippen LogP contribution in [-0.2, 0) is 14.4 Å². The molecule has 15 nitrogen and oxygen atoms in total. The molecule has 0 bridgehead atoms. The number of carbonyl (C=O) groups excluding carboxylic acids is 4. The van der Waals surface area contributed by atoms with Gasteiger partial charge >= 0.3 is 0 Å². The fourth-order valence-corrected chi connectivity index (χ4v) is 11.0. The molecule has 2 aromatic heterocycles. The molecular formula is C59H64N6O9S2. The van der Waals surface area contributed by atoms with Crippen LogP contribution in [0, 0.1) is 12.3 Å². The molecule has 0 unspecified atom stereocenters. The molecule has 1 fully saturated rings. The standard InChI is InChI=1S/C59H64N6O9S2/c1-36(39-14-16-40(17-15-39)53-37(2)60-35-75-53)62-57(71)49-31-45(68)34-65(49)58(72)55(59(3,4)5)63-51(69)11-9-7-6-8-10-30-73-46-25-12-38(13-26-46)33-61-64-56(70)42-20-27-47(28-21-42)74-52-48-29-24-44(67)32-50(48)76-54(52)41-18-22-43(66)23-19-41/h12-29,32-33,35-36,45,49,55,66-68H,6-11,30-31,34H2,1-5H3,(H,62,71)(H,63,69)(H,64,70)/b61-33+/t36-,45+,49-,55+/m0/s1. The number of nitrogens with zero attached hydrogens (tertiary/aromatic N) is 3. The molecule has 8 rings (SSSR count). The number of unbranched alkanes of at least 4 members (excludes halogenated alkanes) is 4. The van der Waals surface area contributed by atoms with E-state index in [-0.39, 0.29) is 54.6 Å². The Kier molecular flexibility index (Phi) is 17.9. The van der Waals surface area contributed by atoms with E-state index in [1.165, 1.54) is 16.2 Å². The number of fused-ring (bicyclic) bond motifs is 1. The van der Waals surface area contributed by atoms with Gasteiger partial charge in [0.1, 0.15) is 35.1 Å². The van der Waals surface area contributed by atoms with Gasteiger partial charge in [-0.2, -0.15) is 5.10 Å². The van der Waals surface area contributed by atoms with E-state index in [1.807, 2.05) is 88.7 Å². The Morgan fingerprint density at radius 1 is 0.816 bits per heavy atom. The average molecular weight is 1070 g/mol. The van der Waals surface area contributed by atoms with E-state index in [9.17, 15) is 34.5 Å². The molecule has 5 aromatic carbocycles. The number of likely N-dealkylation sites (tertiary alicyclic amines) is 1. The van der Waals surface area contributed by atoms with Crippen molar-refractivity contribution < 1.29 is 44.0 Å². The Labute approximate surface area is 450 Å². The number of hydrazone groups is 1. The fourth-order valence-electron chi connectivity index (χ4n) is 8.99. The summed E-state index contributed by atoms with van der Waals surface area (Å²) in [6, 6.07) is 31.9. The molecule has 3 heterocycles. The first-order valence-electron chi connectivity index (χ1n) is 25.5. The molecule has 396 valence electrons. The Morgan fingerprint density at radius 3 is 2.17 bits per heavy atom. The van der Waals surface area contributed by atoms with Gasteiger partial charge in [-0.05, 0) is 145 Å². The number of aliphatic hydroxyl groups is 1. The summed E-state index contributed by atoms with van der Waals surface area (Å²) in [6.45, 7) is 10.0. The van der Waals surface area contributed by atoms with Gasteiger partial charge in [-0.25, -0.2) is 10.4 Å². The summed E-state index contributed by atoms with van der Waals surface area (Å²) in [6.07, 6.45) is 5.23. The Hall–Kier alpha value is -7.60. The van der Waals surface area contributed by atoms with Crippen LogP contribution < -0.4 is 25.5 Å². The zero-order chi connectivity index (χ0) is 53.9. The number of β-amino-alcohol motifs (C(OH)–C–C–N with tert-alkyl or cyclic N) is 1. The number of aromatic nitrogens is 1. The first-order chi connectivity index (χ1) is 36.5. The number of benzene rings is 5. The molecule has 0 saturated carbocycles. The predicted octanol–water partition coefficient (Wildman–Crippen LogP) is 11.1. The maximum Gasteiger partial charge on any atom is 0.271 e. The van der Waals surface area contributed by atoms with Gasteiger partial charge in [0.05, 0.1) is 45.9 Å². The number of aliphatic hydroxyl groups excluding tert-OH is 1. The number of carbonyl (C=O) groups is 4. The molecule has 0 spiro atoms. The summed E-state index contributed by atoms with van der Waals surface area (Å²) in [5.74, 6) is 0.775. The van der Waals surface area contributed by atoms with Gasteiger partial charge in [-0.15, -0.1) is 22.7 Å². The lowest BCUT2D eigenvalue weighted by Crippen LogP contribution is -2.57. The van der Waals surface area contributed by atoms with Crippen molar-refractivity contribution in [3.05, 3.63) is 143 Å². The summed E-state index contributed by atoms with van der Waals surface area (Å²) in [5, 5.41) is 41.5. The topological polar surface area (TPSA) is 212 Å². The first-order valence-corrected chi connectivity index (χ1v) is 27.2. The van der Waals surface area contributed by atoms with Gasteiger partial charge in [-0.1, -0.05) is 64.3 Å². The van der Waals surface area contributed by atoms with Crippen LogP contribution in [0.4, 0.5) is 0 Å². The molecule has 1 aliphatic rings. The molecule has 4 atom stereocenters. The Bertz CT molecular complexity index is 3150. The monoisotopic (exact) mass is 1060 g/mol. The van der Waals surface area contributed by atoms with Gasteiger partial charge < -0.3 is 40.3 Å². The van der Waals surface area contributed by atoms with Crippen molar-refractivity contribution in [3.8, 4) is 49.6 Å². The number of aryl methyl sites for hydroxylation is 1. The Balaban J connectivity index is 0.719. The minimum atomic E-state index is -0.884. The van der Waals surface area contributed by atoms with E-state index in [4.69, 9.17) is 9.47 Å². The van der Waals surface area contributed by atoms with Crippen molar-refractivity contribution in [1.82, 2.24) is 25.9 Å². The molecule has 1 saturated heterocycles. The van der Waals surface area contributed by atoms with E-state index in [0.717, 1.165) is 73.5 Å². The third-order valence-corrected chi connectivity index (χ3v) is 15.4. The Morgan fingerprint density at radius 2 is 1.47 bits per heavy atom. The second-order valence-corrected chi connectivity index (χ2v) is 22.0. The maximum absolute atomic E-state index is 14.1. The highest BCUT2D eigenvalue weighted by molar-refractivity contribution is 7.22. The number of rotatable bonds is 21. The zero-order valence-electron chi connectivity index (χ0n) is 43.2. The van der Waals surface area contributed by atoms with Gasteiger partial charge in [-0.3, -0.25) is 19.2 Å². The van der Waals surface area contributed by atoms with E-state index >= 15 is 0 Å². The fraction of sp³-hybridized carbons (Fsp3) is 0.322. The number of hydrogen-bond donors (Lipinski definition) is 6. The van der Waals surface area contributed by atoms with E-state index in [2.05, 4.69) is 26.1 Å². The quantitative estimate of drug-likeness (QED) is 0.0228. The molecule has 76 heavy (non-hydrogen) atoms. The zero-order valence-corrected chi connectivity index (χ0v) is 44.9. The number of aromatic hydroxyl groups is 2. The lowest BCUT2D eigenvalue weighted by Gasteiger charge is -2.35. The van der Waals surface area contributed by atoms with Crippen LogP contribution in [0.15, 0.2) is 126 Å². The number of phenols is 2. The largest absolute Gasteiger partial charge is 0.508 e. The van der Waals surface area contributed by atoms with E-state index in [0.29, 0.717) is 35.8 Å². The number of amides is 4. The number of nitrogens with one attached hydrogen (secondary N) is 3. The molecule has 7 aromatic rings. The predicted molar refractivity (Wildman–Crippen MR) is 298 cm³/mol. The van der Waals surface area contributed by atoms with Crippen molar-refractivity contribution in [1.29, 1.82) is 0 Å². The summed E-state index contributed by atoms with van der Waals surface area (Å²) in [4.78, 5) is 61.6. The highest BCUT2D eigenvalue weighted by atomic mass is 32.1. The van der Waals surface area contributed by atoms with Crippen molar-refractivity contribution >= 4 is 62.6 Å². The van der Waals surface area contributed by atoms with Crippen LogP contribution in [0.5, 0.6) is 28.7 Å². The number of phenolic OH excluding ortho intramolecular Hbond substituents is 2. The van der Waals surface area contributed by atoms with Crippen LogP contribution in [0.3, 0.4) is 0 Å². The SMILES string of the molecule is Cc1ncsc1-c1ccc([C@H](C)NC(=O)[C@@H]2C[C@@H](O)CN2C(=O)[C@@H](NC(=O)CCCCCCCOc2ccc(/C=N/NC(=O)c3ccc(Oc4c(-c5ccc(O)cc5)sc5cc(O)ccc45)cc3)cc2)C(C)(C)C)cc1. The minimum Gasteiger partial charge on any atom is -0.508 e. The molecule has 0 radical (unpaired) electrons. The number of thiophene rings is 1. The lowest BCUT2D eigenvalue weighted by atomic mass is 9.85. The number of hydrogen-bond acceptors (Lipinski definition) is 13. The molecule has 17 heteroatoms. The molecule has 6 N–H and O–H groups in total. The summed E-state index contributed by atoms with van der Waals surface area (Å²) >= 11 is 3.04. The third-order valence-electron chi connectivity index (χ3n) is 13.2. The minimum absolute atomic E-state index is 0.00921. The average Bonchev–Trinajstić information content (AvgIpc) is 4.13. The van der Waals surface area contributed by atoms with Crippen LogP contribution in [0.25, 0.3) is 31.0 Å². The number of ether oxygens (including phenoxy) is 2. The number of thiazole rings is 1. The molecule has 4 amide bonds. The summed E-state index contributed by atoms with van der Waals surface area (Å²) < 4.78 is 13.1. The first kappa shape index (κ1) is 54.7. The molecule has 1 aliphatic heterocycles. The van der Waals surface area contributed by atoms with Crippen molar-refractivity contribution in [2.24, 2.45) is 10.5 Å². The molecular weight excluding hydrogens is 1000 g/mol. The van der Waals surface area contributed by atoms with Crippen LogP contribution in [-0.4, -0.2) is 86.4 Å². The normalized spacial score (nSPS) is 15.4. The van der Waals surface area contributed by atoms with E-state index < -0.39 is 29.5 Å². The maximum atomic E-state index is 14.1. The summed E-state index contributed by atoms with van der Waals surface area (Å²) in [5.41, 5.74) is 8.68. The van der Waals surface area contributed by atoms with Crippen molar-refractivity contribution in [2.75, 3.05) is 13.2 Å². The molecule has 0 aliphatic carbocycles. The van der Waals surface area contributed by atoms with Gasteiger partial charge in [0.2, 0.25) is 17.7 Å². The van der Waals surface area contributed by atoms with Crippen LogP contribution in [0.2, 0.25) is 0 Å². The van der Waals surface area contributed by atoms with E-state index in [1.54, 1.807) is 84.3 Å². The van der Waals surface area contributed by atoms with Gasteiger partial charge in [0, 0.05) is 35.0 Å². The lowest BCUT2D eigenvalue weighted by molar-refractivity contribution is -0.144. The second-order valence-electron chi connectivity index (χ2n) is 20.1. The van der Waals surface area contributed by atoms with Crippen molar-refractivity contribution in [2.45, 2.75) is 104 Å². The van der Waals surface area contributed by atoms with Gasteiger partial charge in [0.15, 0.2) is 5.75 Å². The third kappa shape index (κ3) is 14.0. The highest BCUT2D eigenvalue weighted by Crippen LogP contribution is 2.47.